The minimum absolute atomic E-state index is 0.498. The first-order valence-electron chi connectivity index (χ1n) is 6.50. The Morgan fingerprint density at radius 1 is 1.04 bits per heavy atom. The van der Waals surface area contributed by atoms with Crippen LogP contribution in [0.5, 0.6) is 5.75 Å². The summed E-state index contributed by atoms with van der Waals surface area (Å²) in [5, 5.41) is 15.8. The number of carbonyl (C=O) groups is 2. The summed E-state index contributed by atoms with van der Waals surface area (Å²) in [6.07, 6.45) is 0. The molecule has 1 aromatic carbocycles. The van der Waals surface area contributed by atoms with Crippen LogP contribution in [0.4, 0.5) is 0 Å². The van der Waals surface area contributed by atoms with E-state index in [9.17, 15) is 0 Å². The van der Waals surface area contributed by atoms with Gasteiger partial charge in [0.1, 0.15) is 12.4 Å². The molecule has 130 valence electrons. The van der Waals surface area contributed by atoms with Crippen LogP contribution in [0.1, 0.15) is 0 Å². The van der Waals surface area contributed by atoms with E-state index in [0.717, 1.165) is 6.54 Å². The molecule has 0 radical (unpaired) electrons. The highest BCUT2D eigenvalue weighted by Crippen LogP contribution is 2.26. The van der Waals surface area contributed by atoms with Crippen molar-refractivity contribution in [3.05, 3.63) is 28.2 Å². The second-order valence-corrected chi connectivity index (χ2v) is 5.26. The number of likely N-dealkylation sites (N-methyl/N-ethyl adjacent to an activating group) is 1. The summed E-state index contributed by atoms with van der Waals surface area (Å²) in [5.41, 5.74) is 0. The highest BCUT2D eigenvalue weighted by atomic mass is 35.5. The third-order valence-corrected chi connectivity index (χ3v) is 2.99. The van der Waals surface area contributed by atoms with Gasteiger partial charge in [-0.05, 0) is 26.2 Å². The first-order valence-corrected chi connectivity index (χ1v) is 7.26. The second-order valence-electron chi connectivity index (χ2n) is 4.45. The molecule has 1 aromatic rings. The second kappa shape index (κ2) is 12.0. The molecule has 0 fully saturated rings. The molecule has 0 amide bonds. The lowest BCUT2D eigenvalue weighted by atomic mass is 10.3. The molecule has 0 saturated heterocycles. The average molecular weight is 368 g/mol. The van der Waals surface area contributed by atoms with Crippen molar-refractivity contribution < 1.29 is 29.3 Å². The molecule has 0 unspecified atom stereocenters. The normalized spacial score (nSPS) is 9.96. The van der Waals surface area contributed by atoms with Gasteiger partial charge in [-0.15, -0.1) is 0 Å². The van der Waals surface area contributed by atoms with E-state index in [-0.39, 0.29) is 0 Å². The van der Waals surface area contributed by atoms with Gasteiger partial charge in [-0.1, -0.05) is 23.2 Å². The van der Waals surface area contributed by atoms with Gasteiger partial charge >= 0.3 is 11.9 Å². The van der Waals surface area contributed by atoms with Gasteiger partial charge in [0, 0.05) is 12.6 Å². The van der Waals surface area contributed by atoms with Crippen LogP contribution in [-0.4, -0.2) is 67.5 Å². The van der Waals surface area contributed by atoms with E-state index in [4.69, 9.17) is 52.5 Å². The van der Waals surface area contributed by atoms with Crippen molar-refractivity contribution in [2.24, 2.45) is 0 Å². The van der Waals surface area contributed by atoms with Crippen LogP contribution in [0.15, 0.2) is 18.2 Å². The maximum Gasteiger partial charge on any atom is 0.414 e. The number of carboxylic acids is 2. The van der Waals surface area contributed by atoms with Crippen molar-refractivity contribution in [3.63, 3.8) is 0 Å². The van der Waals surface area contributed by atoms with Gasteiger partial charge in [0.15, 0.2) is 0 Å². The largest absolute Gasteiger partial charge is 0.491 e. The monoisotopic (exact) mass is 367 g/mol. The van der Waals surface area contributed by atoms with Crippen molar-refractivity contribution in [3.8, 4) is 5.75 Å². The van der Waals surface area contributed by atoms with Crippen LogP contribution in [0.2, 0.25) is 10.0 Å². The molecule has 0 aliphatic carbocycles. The smallest absolute Gasteiger partial charge is 0.414 e. The number of carboxylic acid groups (broad SMARTS) is 2. The molecule has 0 aliphatic heterocycles. The van der Waals surface area contributed by atoms with Crippen LogP contribution in [0.3, 0.4) is 0 Å². The van der Waals surface area contributed by atoms with Gasteiger partial charge in [-0.2, -0.15) is 0 Å². The average Bonchev–Trinajstić information content (AvgIpc) is 2.46. The van der Waals surface area contributed by atoms with Crippen LogP contribution in [0, 0.1) is 0 Å². The lowest BCUT2D eigenvalue weighted by Crippen LogP contribution is -2.19. The fourth-order valence-corrected chi connectivity index (χ4v) is 1.42. The number of halogens is 2. The van der Waals surface area contributed by atoms with Crippen molar-refractivity contribution in [1.29, 1.82) is 0 Å². The molecule has 0 aliphatic rings. The van der Waals surface area contributed by atoms with Crippen LogP contribution in [0.25, 0.3) is 0 Å². The molecule has 1 rings (SSSR count). The highest BCUT2D eigenvalue weighted by Gasteiger charge is 2.04. The quantitative estimate of drug-likeness (QED) is 0.562. The minimum Gasteiger partial charge on any atom is -0.491 e. The lowest BCUT2D eigenvalue weighted by molar-refractivity contribution is -0.159. The maximum absolute atomic E-state index is 9.10. The molecule has 23 heavy (non-hydrogen) atoms. The third kappa shape index (κ3) is 11.7. The summed E-state index contributed by atoms with van der Waals surface area (Å²) in [5.74, 6) is -2.94. The molecular weight excluding hydrogens is 349 g/mol. The van der Waals surface area contributed by atoms with Crippen molar-refractivity contribution in [2.45, 2.75) is 0 Å². The van der Waals surface area contributed by atoms with Crippen molar-refractivity contribution in [1.82, 2.24) is 4.90 Å². The number of hydrogen-bond donors (Lipinski definition) is 2. The predicted octanol–water partition coefficient (Wildman–Crippen LogP) is 2.11. The third-order valence-electron chi connectivity index (χ3n) is 2.25. The summed E-state index contributed by atoms with van der Waals surface area (Å²) in [6.45, 7) is 2.68. The van der Waals surface area contributed by atoms with Gasteiger partial charge in [-0.25, -0.2) is 9.59 Å². The fraction of sp³-hybridized carbons (Fsp3) is 0.429. The molecule has 0 atom stereocenters. The zero-order chi connectivity index (χ0) is 17.8. The minimum atomic E-state index is -1.82. The molecule has 0 bridgehead atoms. The zero-order valence-electron chi connectivity index (χ0n) is 12.8. The number of benzene rings is 1. The van der Waals surface area contributed by atoms with Crippen molar-refractivity contribution in [2.75, 3.05) is 40.5 Å². The summed E-state index contributed by atoms with van der Waals surface area (Å²) in [6, 6.07) is 5.20. The summed E-state index contributed by atoms with van der Waals surface area (Å²) in [4.78, 5) is 20.3. The Kier molecular flexibility index (Phi) is 11.2. The molecule has 0 spiro atoms. The summed E-state index contributed by atoms with van der Waals surface area (Å²) in [7, 11) is 4.02. The van der Waals surface area contributed by atoms with E-state index in [1.807, 2.05) is 14.1 Å². The van der Waals surface area contributed by atoms with E-state index < -0.39 is 11.9 Å². The van der Waals surface area contributed by atoms with Gasteiger partial charge in [0.05, 0.1) is 23.3 Å². The Morgan fingerprint density at radius 3 is 2.13 bits per heavy atom. The fourth-order valence-electron chi connectivity index (χ4n) is 1.13. The van der Waals surface area contributed by atoms with Gasteiger partial charge in [-0.3, -0.25) is 0 Å². The van der Waals surface area contributed by atoms with E-state index >= 15 is 0 Å². The van der Waals surface area contributed by atoms with Crippen LogP contribution in [-0.2, 0) is 14.3 Å². The van der Waals surface area contributed by atoms with Gasteiger partial charge < -0.3 is 24.6 Å². The zero-order valence-corrected chi connectivity index (χ0v) is 14.3. The number of hydrogen-bond acceptors (Lipinski definition) is 5. The topological polar surface area (TPSA) is 96.3 Å². The maximum atomic E-state index is 9.10. The predicted molar refractivity (Wildman–Crippen MR) is 86.6 cm³/mol. The SMILES string of the molecule is CN(C)CCOCCOc1ccc(Cl)c(Cl)c1.O=C(O)C(=O)O. The number of aliphatic carboxylic acids is 2. The molecule has 2 N–H and O–H groups in total. The summed E-state index contributed by atoms with van der Waals surface area (Å²) >= 11 is 11.7. The van der Waals surface area contributed by atoms with Gasteiger partial charge in [0.2, 0.25) is 0 Å². The van der Waals surface area contributed by atoms with E-state index in [1.54, 1.807) is 18.2 Å². The molecule has 7 nitrogen and oxygen atoms in total. The van der Waals surface area contributed by atoms with Crippen molar-refractivity contribution >= 4 is 35.1 Å². The Labute approximate surface area is 144 Å². The van der Waals surface area contributed by atoms with Crippen LogP contribution >= 0.6 is 23.2 Å². The molecule has 0 aromatic heterocycles. The lowest BCUT2D eigenvalue weighted by Gasteiger charge is -2.10. The molecule has 0 heterocycles. The first kappa shape index (κ1) is 21.5. The Morgan fingerprint density at radius 2 is 1.65 bits per heavy atom. The molecular formula is C14H19Cl2NO6. The van der Waals surface area contributed by atoms with E-state index in [2.05, 4.69) is 4.90 Å². The Bertz CT molecular complexity index is 498. The summed E-state index contributed by atoms with van der Waals surface area (Å²) < 4.78 is 10.9. The van der Waals surface area contributed by atoms with E-state index in [0.29, 0.717) is 35.6 Å². The first-order chi connectivity index (χ1) is 10.7. The van der Waals surface area contributed by atoms with Crippen LogP contribution < -0.4 is 4.74 Å². The Balaban J connectivity index is 0.000000688. The number of rotatable bonds is 7. The molecule has 9 heteroatoms. The Hall–Kier alpha value is -1.54. The molecule has 0 saturated carbocycles. The van der Waals surface area contributed by atoms with Gasteiger partial charge in [0.25, 0.3) is 0 Å². The standard InChI is InChI=1S/C12H17Cl2NO2.C2H2O4/c1-15(2)5-6-16-7-8-17-10-3-4-11(13)12(14)9-10;3-1(4)2(5)6/h3-4,9H,5-8H2,1-2H3;(H,3,4)(H,5,6). The number of ether oxygens (including phenoxy) is 2. The number of nitrogens with zero attached hydrogens (tertiary/aromatic N) is 1. The highest BCUT2D eigenvalue weighted by molar-refractivity contribution is 6.42. The van der Waals surface area contributed by atoms with E-state index in [1.165, 1.54) is 0 Å².